The molecular weight excluding hydrogens is 407 g/mol. The molecular formula is C24H19FN6O. The lowest BCUT2D eigenvalue weighted by molar-refractivity contribution is 0.102. The van der Waals surface area contributed by atoms with E-state index in [2.05, 4.69) is 37.5 Å². The highest BCUT2D eigenvalue weighted by Gasteiger charge is 2.17. The van der Waals surface area contributed by atoms with E-state index in [1.807, 2.05) is 48.7 Å². The zero-order chi connectivity index (χ0) is 22.1. The molecule has 0 spiro atoms. The topological polar surface area (TPSA) is 77.6 Å². The molecule has 5 aromatic rings. The number of carbonyl (C=O) groups is 1. The normalized spacial score (nSPS) is 11.1. The molecule has 32 heavy (non-hydrogen) atoms. The third-order valence-electron chi connectivity index (χ3n) is 5.29. The van der Waals surface area contributed by atoms with Gasteiger partial charge in [0.15, 0.2) is 5.82 Å². The highest BCUT2D eigenvalue weighted by Crippen LogP contribution is 2.25. The molecule has 0 fully saturated rings. The van der Waals surface area contributed by atoms with E-state index in [9.17, 15) is 9.18 Å². The number of aromatic nitrogens is 5. The molecule has 0 unspecified atom stereocenters. The molecule has 2 heterocycles. The Hall–Kier alpha value is -4.33. The highest BCUT2D eigenvalue weighted by molar-refractivity contribution is 6.13. The van der Waals surface area contributed by atoms with Crippen LogP contribution in [0.25, 0.3) is 16.6 Å². The lowest BCUT2D eigenvalue weighted by Gasteiger charge is -2.08. The molecule has 158 valence electrons. The van der Waals surface area contributed by atoms with Gasteiger partial charge >= 0.3 is 0 Å². The van der Waals surface area contributed by atoms with Gasteiger partial charge in [-0.2, -0.15) is 4.68 Å². The molecule has 0 aliphatic carbocycles. The SMILES string of the molecule is Cc1nnnn1-c1cc(NC(=O)c2cn(Cc3ccccc3)c3ccccc23)ccc1F. The van der Waals surface area contributed by atoms with E-state index in [-0.39, 0.29) is 11.6 Å². The van der Waals surface area contributed by atoms with E-state index >= 15 is 0 Å². The maximum atomic E-state index is 14.4. The second kappa shape index (κ2) is 8.07. The smallest absolute Gasteiger partial charge is 0.257 e. The maximum absolute atomic E-state index is 14.4. The Morgan fingerprint density at radius 3 is 2.59 bits per heavy atom. The summed E-state index contributed by atoms with van der Waals surface area (Å²) < 4.78 is 17.7. The van der Waals surface area contributed by atoms with Crippen LogP contribution in [-0.4, -0.2) is 30.7 Å². The summed E-state index contributed by atoms with van der Waals surface area (Å²) in [4.78, 5) is 13.2. The quantitative estimate of drug-likeness (QED) is 0.453. The van der Waals surface area contributed by atoms with E-state index in [1.165, 1.54) is 22.9 Å². The third-order valence-corrected chi connectivity index (χ3v) is 5.29. The number of hydrogen-bond donors (Lipinski definition) is 1. The number of nitrogens with one attached hydrogen (secondary N) is 1. The lowest BCUT2D eigenvalue weighted by Crippen LogP contribution is -2.12. The molecule has 1 N–H and O–H groups in total. The standard InChI is InChI=1S/C24H19FN6O/c1-16-27-28-29-31(16)23-13-18(11-12-21(23)25)26-24(32)20-15-30(14-17-7-3-2-4-8-17)22-10-6-5-9-19(20)22/h2-13,15H,14H2,1H3,(H,26,32). The molecule has 0 aliphatic heterocycles. The molecule has 0 saturated carbocycles. The van der Waals surface area contributed by atoms with Gasteiger partial charge in [-0.25, -0.2) is 4.39 Å². The Bertz CT molecular complexity index is 1420. The van der Waals surface area contributed by atoms with Crippen LogP contribution in [0.15, 0.2) is 79.0 Å². The van der Waals surface area contributed by atoms with E-state index in [1.54, 1.807) is 6.92 Å². The van der Waals surface area contributed by atoms with Gasteiger partial charge in [-0.1, -0.05) is 48.5 Å². The van der Waals surface area contributed by atoms with Gasteiger partial charge in [0.1, 0.15) is 11.5 Å². The average molecular weight is 426 g/mol. The van der Waals surface area contributed by atoms with Gasteiger partial charge < -0.3 is 9.88 Å². The number of nitrogens with zero attached hydrogens (tertiary/aromatic N) is 5. The van der Waals surface area contributed by atoms with Crippen molar-refractivity contribution in [3.63, 3.8) is 0 Å². The molecule has 0 aliphatic rings. The Morgan fingerprint density at radius 1 is 1.03 bits per heavy atom. The van der Waals surface area contributed by atoms with E-state index in [4.69, 9.17) is 0 Å². The molecule has 0 bridgehead atoms. The van der Waals surface area contributed by atoms with Crippen LogP contribution in [0.2, 0.25) is 0 Å². The van der Waals surface area contributed by atoms with Crippen LogP contribution in [0.4, 0.5) is 10.1 Å². The number of halogens is 1. The summed E-state index contributed by atoms with van der Waals surface area (Å²) >= 11 is 0. The van der Waals surface area contributed by atoms with Gasteiger partial charge in [-0.05, 0) is 47.2 Å². The van der Waals surface area contributed by atoms with Crippen LogP contribution in [-0.2, 0) is 6.54 Å². The van der Waals surface area contributed by atoms with E-state index in [0.717, 1.165) is 16.5 Å². The number of anilines is 1. The van der Waals surface area contributed by atoms with E-state index < -0.39 is 5.82 Å². The number of rotatable bonds is 5. The molecule has 7 nitrogen and oxygen atoms in total. The number of para-hydroxylation sites is 1. The van der Waals surface area contributed by atoms with Crippen molar-refractivity contribution in [1.29, 1.82) is 0 Å². The molecule has 0 radical (unpaired) electrons. The zero-order valence-electron chi connectivity index (χ0n) is 17.2. The first-order chi connectivity index (χ1) is 15.6. The van der Waals surface area contributed by atoms with Crippen LogP contribution in [0.1, 0.15) is 21.7 Å². The Kier molecular flexibility index (Phi) is 4.95. The Morgan fingerprint density at radius 2 is 1.81 bits per heavy atom. The predicted octanol–water partition coefficient (Wildman–Crippen LogP) is 4.37. The molecule has 0 saturated heterocycles. The fourth-order valence-electron chi connectivity index (χ4n) is 3.74. The number of hydrogen-bond acceptors (Lipinski definition) is 4. The first kappa shape index (κ1) is 19.6. The largest absolute Gasteiger partial charge is 0.342 e. The summed E-state index contributed by atoms with van der Waals surface area (Å²) in [6.07, 6.45) is 1.85. The predicted molar refractivity (Wildman–Crippen MR) is 119 cm³/mol. The third kappa shape index (κ3) is 3.62. The van der Waals surface area contributed by atoms with Gasteiger partial charge in [-0.15, -0.1) is 5.10 Å². The number of amides is 1. The molecule has 1 amide bonds. The minimum absolute atomic E-state index is 0.164. The van der Waals surface area contributed by atoms with Gasteiger partial charge in [0.05, 0.1) is 5.56 Å². The van der Waals surface area contributed by atoms with E-state index in [0.29, 0.717) is 23.6 Å². The van der Waals surface area contributed by atoms with Crippen LogP contribution in [0.5, 0.6) is 0 Å². The van der Waals surface area contributed by atoms with Gasteiger partial charge in [0.25, 0.3) is 5.91 Å². The fourth-order valence-corrected chi connectivity index (χ4v) is 3.74. The van der Waals surface area contributed by atoms with Crippen molar-refractivity contribution in [3.05, 3.63) is 102 Å². The highest BCUT2D eigenvalue weighted by atomic mass is 19.1. The summed E-state index contributed by atoms with van der Waals surface area (Å²) in [5, 5.41) is 14.9. The van der Waals surface area contributed by atoms with Gasteiger partial charge in [0, 0.05) is 29.3 Å². The lowest BCUT2D eigenvalue weighted by atomic mass is 10.1. The summed E-state index contributed by atoms with van der Waals surface area (Å²) in [6.45, 7) is 2.32. The molecule has 2 aromatic heterocycles. The summed E-state index contributed by atoms with van der Waals surface area (Å²) in [5.74, 6) is -0.326. The minimum atomic E-state index is -0.488. The zero-order valence-corrected chi connectivity index (χ0v) is 17.2. The number of carbonyl (C=O) groups excluding carboxylic acids is 1. The van der Waals surface area contributed by atoms with Gasteiger partial charge in [0.2, 0.25) is 0 Å². The van der Waals surface area contributed by atoms with Gasteiger partial charge in [-0.3, -0.25) is 4.79 Å². The van der Waals surface area contributed by atoms with Crippen molar-refractivity contribution in [1.82, 2.24) is 24.8 Å². The van der Waals surface area contributed by atoms with Crippen molar-refractivity contribution in [2.24, 2.45) is 0 Å². The second-order valence-electron chi connectivity index (χ2n) is 7.43. The minimum Gasteiger partial charge on any atom is -0.342 e. The monoisotopic (exact) mass is 426 g/mol. The van der Waals surface area contributed by atoms with Crippen molar-refractivity contribution in [2.75, 3.05) is 5.32 Å². The van der Waals surface area contributed by atoms with Crippen molar-refractivity contribution in [3.8, 4) is 5.69 Å². The van der Waals surface area contributed by atoms with Crippen molar-refractivity contribution in [2.45, 2.75) is 13.5 Å². The van der Waals surface area contributed by atoms with Crippen LogP contribution in [0, 0.1) is 12.7 Å². The number of fused-ring (bicyclic) bond motifs is 1. The number of benzene rings is 3. The molecule has 0 atom stereocenters. The maximum Gasteiger partial charge on any atom is 0.257 e. The van der Waals surface area contributed by atoms with Crippen LogP contribution in [0.3, 0.4) is 0 Å². The number of tetrazole rings is 1. The van der Waals surface area contributed by atoms with Crippen LogP contribution < -0.4 is 5.32 Å². The summed E-state index contributed by atoms with van der Waals surface area (Å²) in [7, 11) is 0. The Labute approximate surface area is 183 Å². The first-order valence-corrected chi connectivity index (χ1v) is 10.1. The number of aryl methyl sites for hydroxylation is 1. The summed E-state index contributed by atoms with van der Waals surface area (Å²) in [6, 6.07) is 22.1. The fraction of sp³-hybridized carbons (Fsp3) is 0.0833. The second-order valence-corrected chi connectivity index (χ2v) is 7.43. The first-order valence-electron chi connectivity index (χ1n) is 10.1. The van der Waals surface area contributed by atoms with Crippen molar-refractivity contribution >= 4 is 22.5 Å². The van der Waals surface area contributed by atoms with Crippen molar-refractivity contribution < 1.29 is 9.18 Å². The molecule has 3 aromatic carbocycles. The molecule has 8 heteroatoms. The molecule has 5 rings (SSSR count). The Balaban J connectivity index is 1.48. The summed E-state index contributed by atoms with van der Waals surface area (Å²) in [5.41, 5.74) is 3.25. The average Bonchev–Trinajstić information content (AvgIpc) is 3.40. The van der Waals surface area contributed by atoms with Crippen LogP contribution >= 0.6 is 0 Å².